The minimum atomic E-state index is -0.165. The molecule has 2 rings (SSSR count). The molecule has 0 aromatic carbocycles. The molecule has 0 saturated heterocycles. The van der Waals surface area contributed by atoms with Gasteiger partial charge in [-0.25, -0.2) is 4.98 Å². The van der Waals surface area contributed by atoms with Gasteiger partial charge in [0, 0.05) is 26.0 Å². The zero-order valence-corrected chi connectivity index (χ0v) is 14.0. The van der Waals surface area contributed by atoms with Crippen molar-refractivity contribution in [2.24, 2.45) is 0 Å². The Balaban J connectivity index is 2.08. The minimum absolute atomic E-state index is 0.0327. The highest BCUT2D eigenvalue weighted by molar-refractivity contribution is 8.00. The molecule has 1 aromatic rings. The number of rotatable bonds is 6. The number of aromatic nitrogens is 1. The van der Waals surface area contributed by atoms with E-state index in [1.807, 2.05) is 19.9 Å². The van der Waals surface area contributed by atoms with E-state index in [2.05, 4.69) is 10.3 Å². The van der Waals surface area contributed by atoms with Crippen LogP contribution in [0.5, 0.6) is 0 Å². The lowest BCUT2D eigenvalue weighted by Gasteiger charge is -2.29. The molecule has 2 amide bonds. The van der Waals surface area contributed by atoms with Gasteiger partial charge in [-0.15, -0.1) is 0 Å². The van der Waals surface area contributed by atoms with E-state index in [0.29, 0.717) is 18.9 Å². The van der Waals surface area contributed by atoms with Gasteiger partial charge in [0.15, 0.2) is 0 Å². The number of nitrogens with one attached hydrogen (secondary N) is 1. The Kier molecular flexibility index (Phi) is 5.79. The monoisotopic (exact) mass is 323 g/mol. The Morgan fingerprint density at radius 2 is 2.27 bits per heavy atom. The van der Waals surface area contributed by atoms with Gasteiger partial charge in [-0.05, 0) is 31.9 Å². The number of carbonyl (C=O) groups is 2. The van der Waals surface area contributed by atoms with E-state index >= 15 is 0 Å². The van der Waals surface area contributed by atoms with Gasteiger partial charge >= 0.3 is 0 Å². The minimum Gasteiger partial charge on any atom is -0.385 e. The van der Waals surface area contributed by atoms with Gasteiger partial charge in [0.2, 0.25) is 11.8 Å². The number of hydrogen-bond donors (Lipinski definition) is 1. The second kappa shape index (κ2) is 7.60. The predicted octanol–water partition coefficient (Wildman–Crippen LogP) is 1.29. The second-order valence-electron chi connectivity index (χ2n) is 5.20. The van der Waals surface area contributed by atoms with Crippen molar-refractivity contribution in [3.63, 3.8) is 0 Å². The van der Waals surface area contributed by atoms with Crippen molar-refractivity contribution in [2.75, 3.05) is 37.5 Å². The molecule has 0 unspecified atom stereocenters. The zero-order chi connectivity index (χ0) is 16.1. The number of carbonyl (C=O) groups excluding carboxylic acids is 2. The van der Waals surface area contributed by atoms with Gasteiger partial charge < -0.3 is 10.1 Å². The molecule has 22 heavy (non-hydrogen) atoms. The smallest absolute Gasteiger partial charge is 0.240 e. The average molecular weight is 323 g/mol. The van der Waals surface area contributed by atoms with E-state index in [9.17, 15) is 9.59 Å². The highest BCUT2D eigenvalue weighted by Crippen LogP contribution is 2.36. The molecule has 2 heterocycles. The van der Waals surface area contributed by atoms with Crippen molar-refractivity contribution in [2.45, 2.75) is 25.3 Å². The molecule has 1 N–H and O–H groups in total. The van der Waals surface area contributed by atoms with Crippen LogP contribution in [0.4, 0.5) is 5.69 Å². The van der Waals surface area contributed by atoms with Crippen molar-refractivity contribution in [1.82, 2.24) is 10.3 Å². The second-order valence-corrected chi connectivity index (χ2v) is 6.16. The van der Waals surface area contributed by atoms with Crippen LogP contribution in [0.15, 0.2) is 11.1 Å². The molecule has 0 bridgehead atoms. The van der Waals surface area contributed by atoms with Gasteiger partial charge in [0.1, 0.15) is 11.6 Å². The average Bonchev–Trinajstić information content (AvgIpc) is 2.46. The van der Waals surface area contributed by atoms with Crippen LogP contribution in [0.1, 0.15) is 17.7 Å². The Bertz CT molecular complexity index is 577. The summed E-state index contributed by atoms with van der Waals surface area (Å²) < 4.78 is 4.94. The third-order valence-corrected chi connectivity index (χ3v) is 4.28. The molecule has 6 nitrogen and oxygen atoms in total. The van der Waals surface area contributed by atoms with Crippen molar-refractivity contribution in [3.05, 3.63) is 17.3 Å². The van der Waals surface area contributed by atoms with Crippen LogP contribution >= 0.6 is 11.8 Å². The summed E-state index contributed by atoms with van der Waals surface area (Å²) in [7, 11) is 1.63. The maximum Gasteiger partial charge on any atom is 0.240 e. The molecule has 1 aliphatic heterocycles. The van der Waals surface area contributed by atoms with Crippen molar-refractivity contribution in [1.29, 1.82) is 0 Å². The summed E-state index contributed by atoms with van der Waals surface area (Å²) in [5.74, 6) is 0.0976. The number of amides is 2. The number of aryl methyl sites for hydroxylation is 2. The Hall–Kier alpha value is -1.60. The van der Waals surface area contributed by atoms with Crippen LogP contribution in [-0.2, 0) is 14.3 Å². The fourth-order valence-electron chi connectivity index (χ4n) is 2.37. The number of ether oxygens (including phenoxy) is 1. The Labute approximate surface area is 134 Å². The normalized spacial score (nSPS) is 14.0. The maximum absolute atomic E-state index is 12.2. The molecular weight excluding hydrogens is 302 g/mol. The summed E-state index contributed by atoms with van der Waals surface area (Å²) in [5.41, 5.74) is 2.65. The summed E-state index contributed by atoms with van der Waals surface area (Å²) >= 11 is 1.43. The third kappa shape index (κ3) is 3.98. The SMILES string of the molecule is COCCCNC(=O)CN1C(=O)CSc2nc(C)cc(C)c21. The molecule has 0 atom stereocenters. The van der Waals surface area contributed by atoms with Crippen molar-refractivity contribution >= 4 is 29.3 Å². The van der Waals surface area contributed by atoms with E-state index in [-0.39, 0.29) is 18.4 Å². The highest BCUT2D eigenvalue weighted by atomic mass is 32.2. The van der Waals surface area contributed by atoms with Crippen LogP contribution in [0.2, 0.25) is 0 Å². The number of anilines is 1. The van der Waals surface area contributed by atoms with Crippen LogP contribution in [0, 0.1) is 13.8 Å². The summed E-state index contributed by atoms with van der Waals surface area (Å²) in [4.78, 5) is 30.2. The summed E-state index contributed by atoms with van der Waals surface area (Å²) in [6, 6.07) is 1.93. The third-order valence-electron chi connectivity index (χ3n) is 3.33. The first-order valence-electron chi connectivity index (χ1n) is 7.20. The van der Waals surface area contributed by atoms with E-state index < -0.39 is 0 Å². The number of fused-ring (bicyclic) bond motifs is 1. The quantitative estimate of drug-likeness (QED) is 0.799. The lowest BCUT2D eigenvalue weighted by atomic mass is 10.2. The first-order chi connectivity index (χ1) is 10.5. The molecule has 1 aliphatic rings. The molecule has 0 aliphatic carbocycles. The van der Waals surface area contributed by atoms with Crippen molar-refractivity contribution in [3.8, 4) is 0 Å². The molecule has 1 aromatic heterocycles. The zero-order valence-electron chi connectivity index (χ0n) is 13.1. The standard InChI is InChI=1S/C15H21N3O3S/c1-10-7-11(2)17-15-14(10)18(13(20)9-22-15)8-12(19)16-5-4-6-21-3/h7H,4-6,8-9H2,1-3H3,(H,16,19). The lowest BCUT2D eigenvalue weighted by molar-refractivity contribution is -0.123. The number of methoxy groups -OCH3 is 1. The fraction of sp³-hybridized carbons (Fsp3) is 0.533. The van der Waals surface area contributed by atoms with Crippen molar-refractivity contribution < 1.29 is 14.3 Å². The molecule has 0 saturated carbocycles. The van der Waals surface area contributed by atoms with E-state index in [1.165, 1.54) is 11.8 Å². The number of hydrogen-bond acceptors (Lipinski definition) is 5. The number of pyridine rings is 1. The van der Waals surface area contributed by atoms with E-state index in [4.69, 9.17) is 4.74 Å². The van der Waals surface area contributed by atoms with Gasteiger partial charge in [-0.2, -0.15) is 0 Å². The van der Waals surface area contributed by atoms with Crippen LogP contribution in [0.3, 0.4) is 0 Å². The fourth-order valence-corrected chi connectivity index (χ4v) is 3.40. The summed E-state index contributed by atoms with van der Waals surface area (Å²) in [6.07, 6.45) is 0.752. The van der Waals surface area contributed by atoms with Gasteiger partial charge in [-0.1, -0.05) is 11.8 Å². The van der Waals surface area contributed by atoms with E-state index in [1.54, 1.807) is 12.0 Å². The molecule has 0 fully saturated rings. The maximum atomic E-state index is 12.2. The highest BCUT2D eigenvalue weighted by Gasteiger charge is 2.29. The molecule has 0 radical (unpaired) electrons. The molecule has 0 spiro atoms. The molecular formula is C15H21N3O3S. The lowest BCUT2D eigenvalue weighted by Crippen LogP contribution is -2.44. The predicted molar refractivity (Wildman–Crippen MR) is 86.3 cm³/mol. The summed E-state index contributed by atoms with van der Waals surface area (Å²) in [6.45, 7) is 5.05. The van der Waals surface area contributed by atoms with Crippen LogP contribution in [0.25, 0.3) is 0 Å². The topological polar surface area (TPSA) is 71.5 Å². The van der Waals surface area contributed by atoms with E-state index in [0.717, 1.165) is 28.4 Å². The Morgan fingerprint density at radius 3 is 3.00 bits per heavy atom. The van der Waals surface area contributed by atoms with Gasteiger partial charge in [-0.3, -0.25) is 14.5 Å². The number of nitrogens with zero attached hydrogens (tertiary/aromatic N) is 2. The first kappa shape index (κ1) is 16.8. The van der Waals surface area contributed by atoms with Gasteiger partial charge in [0.05, 0.1) is 11.4 Å². The molecule has 7 heteroatoms. The van der Waals surface area contributed by atoms with Crippen LogP contribution < -0.4 is 10.2 Å². The Morgan fingerprint density at radius 1 is 1.50 bits per heavy atom. The largest absolute Gasteiger partial charge is 0.385 e. The van der Waals surface area contributed by atoms with Gasteiger partial charge in [0.25, 0.3) is 0 Å². The summed E-state index contributed by atoms with van der Waals surface area (Å²) in [5, 5.41) is 3.63. The first-order valence-corrected chi connectivity index (χ1v) is 8.18. The number of thioether (sulfide) groups is 1. The molecule has 120 valence electrons. The van der Waals surface area contributed by atoms with Crippen LogP contribution in [-0.4, -0.2) is 49.4 Å².